The lowest BCUT2D eigenvalue weighted by Crippen LogP contribution is -2.39. The normalized spacial score (nSPS) is 15.1. The lowest BCUT2D eigenvalue weighted by molar-refractivity contribution is -0.113. The van der Waals surface area contributed by atoms with E-state index in [2.05, 4.69) is 10.1 Å². The summed E-state index contributed by atoms with van der Waals surface area (Å²) >= 11 is 0. The number of aliphatic hydroxyl groups excluding tert-OH is 1. The van der Waals surface area contributed by atoms with E-state index in [1.807, 2.05) is 60.7 Å². The molecule has 0 bridgehead atoms. The summed E-state index contributed by atoms with van der Waals surface area (Å²) in [6, 6.07) is 23.0. The minimum absolute atomic E-state index is 0.0639. The van der Waals surface area contributed by atoms with Gasteiger partial charge in [0.25, 0.3) is 0 Å². The van der Waals surface area contributed by atoms with E-state index < -0.39 is 17.8 Å². The first-order valence-electron chi connectivity index (χ1n) is 11.2. The van der Waals surface area contributed by atoms with Crippen molar-refractivity contribution in [2.45, 2.75) is 44.4 Å². The van der Waals surface area contributed by atoms with Crippen LogP contribution in [0.2, 0.25) is 0 Å². The SMILES string of the molecule is CC(O)(C[C@H](OCc1ccccc1)[C@H](O)COCc1ccccc1)c1ccc2c(N)ncnn12. The summed E-state index contributed by atoms with van der Waals surface area (Å²) in [4.78, 5) is 4.00. The Kier molecular flexibility index (Phi) is 7.54. The number of nitrogens with zero attached hydrogens (tertiary/aromatic N) is 3. The van der Waals surface area contributed by atoms with Gasteiger partial charge in [0.1, 0.15) is 23.5 Å². The smallest absolute Gasteiger partial charge is 0.151 e. The number of anilines is 1. The summed E-state index contributed by atoms with van der Waals surface area (Å²) in [5, 5.41) is 26.6. The number of fused-ring (bicyclic) bond motifs is 1. The Morgan fingerprint density at radius 1 is 0.971 bits per heavy atom. The molecule has 0 saturated carbocycles. The van der Waals surface area contributed by atoms with Crippen LogP contribution in [0.4, 0.5) is 5.82 Å². The third kappa shape index (κ3) is 5.78. The minimum atomic E-state index is -1.37. The van der Waals surface area contributed by atoms with Crippen LogP contribution in [0.3, 0.4) is 0 Å². The Hall–Kier alpha value is -3.30. The Bertz CT molecular complexity index is 1180. The molecule has 2 heterocycles. The van der Waals surface area contributed by atoms with Crippen LogP contribution in [-0.2, 0) is 28.3 Å². The molecule has 0 saturated heterocycles. The maximum atomic E-state index is 11.4. The standard InChI is InChI=1S/C26H30N4O4/c1-26(32,24-13-12-21-25(27)28-18-29-30(21)24)14-23(34-16-20-10-6-3-7-11-20)22(31)17-33-15-19-8-4-2-5-9-19/h2-13,18,22-23,31-32H,14-17H2,1H3,(H2,27,28,29)/t22-,23+,26?/m1/s1. The highest BCUT2D eigenvalue weighted by Crippen LogP contribution is 2.30. The molecular weight excluding hydrogens is 432 g/mol. The fourth-order valence-corrected chi connectivity index (χ4v) is 3.92. The highest BCUT2D eigenvalue weighted by Gasteiger charge is 2.34. The predicted molar refractivity (Wildman–Crippen MR) is 129 cm³/mol. The Morgan fingerprint density at radius 2 is 1.62 bits per heavy atom. The summed E-state index contributed by atoms with van der Waals surface area (Å²) in [5.74, 6) is 0.322. The molecule has 4 aromatic rings. The summed E-state index contributed by atoms with van der Waals surface area (Å²) < 4.78 is 13.4. The third-order valence-corrected chi connectivity index (χ3v) is 5.77. The Labute approximate surface area is 198 Å². The number of nitrogens with two attached hydrogens (primary N) is 1. The van der Waals surface area contributed by atoms with E-state index in [4.69, 9.17) is 15.2 Å². The van der Waals surface area contributed by atoms with Crippen LogP contribution < -0.4 is 5.73 Å². The van der Waals surface area contributed by atoms with Crippen LogP contribution in [0.25, 0.3) is 5.52 Å². The number of aromatic nitrogens is 3. The molecule has 0 aliphatic heterocycles. The number of hydrogen-bond acceptors (Lipinski definition) is 7. The zero-order valence-electron chi connectivity index (χ0n) is 19.1. The molecule has 0 radical (unpaired) electrons. The van der Waals surface area contributed by atoms with E-state index in [9.17, 15) is 10.2 Å². The van der Waals surface area contributed by atoms with E-state index in [1.165, 1.54) is 6.33 Å². The second-order valence-corrected chi connectivity index (χ2v) is 8.54. The number of nitrogen functional groups attached to an aromatic ring is 1. The van der Waals surface area contributed by atoms with Crippen molar-refractivity contribution >= 4 is 11.3 Å². The van der Waals surface area contributed by atoms with Gasteiger partial charge < -0.3 is 25.4 Å². The van der Waals surface area contributed by atoms with Crippen LogP contribution in [0.5, 0.6) is 0 Å². The number of aliphatic hydroxyl groups is 2. The van der Waals surface area contributed by atoms with E-state index in [-0.39, 0.29) is 13.0 Å². The first kappa shape index (κ1) is 23.8. The minimum Gasteiger partial charge on any atom is -0.388 e. The molecule has 1 unspecified atom stereocenters. The van der Waals surface area contributed by atoms with Crippen molar-refractivity contribution in [3.05, 3.63) is 95.9 Å². The lowest BCUT2D eigenvalue weighted by Gasteiger charge is -2.31. The maximum Gasteiger partial charge on any atom is 0.151 e. The van der Waals surface area contributed by atoms with Crippen molar-refractivity contribution in [3.63, 3.8) is 0 Å². The lowest BCUT2D eigenvalue weighted by atomic mass is 9.92. The fourth-order valence-electron chi connectivity index (χ4n) is 3.92. The summed E-state index contributed by atoms with van der Waals surface area (Å²) in [5.41, 5.74) is 7.69. The van der Waals surface area contributed by atoms with Gasteiger partial charge in [-0.15, -0.1) is 0 Å². The summed E-state index contributed by atoms with van der Waals surface area (Å²) in [6.07, 6.45) is -0.191. The molecule has 4 N–H and O–H groups in total. The largest absolute Gasteiger partial charge is 0.388 e. The summed E-state index contributed by atoms with van der Waals surface area (Å²) in [6.45, 7) is 2.40. The Morgan fingerprint density at radius 3 is 2.29 bits per heavy atom. The van der Waals surface area contributed by atoms with Gasteiger partial charge in [-0.25, -0.2) is 9.50 Å². The molecule has 34 heavy (non-hydrogen) atoms. The molecule has 0 amide bonds. The second-order valence-electron chi connectivity index (χ2n) is 8.54. The number of rotatable bonds is 11. The van der Waals surface area contributed by atoms with Gasteiger partial charge in [-0.05, 0) is 30.2 Å². The first-order chi connectivity index (χ1) is 16.4. The molecule has 0 fully saturated rings. The van der Waals surface area contributed by atoms with E-state index in [1.54, 1.807) is 23.6 Å². The topological polar surface area (TPSA) is 115 Å². The number of ether oxygens (including phenoxy) is 2. The van der Waals surface area contributed by atoms with Gasteiger partial charge >= 0.3 is 0 Å². The van der Waals surface area contributed by atoms with Gasteiger partial charge in [0.2, 0.25) is 0 Å². The first-order valence-corrected chi connectivity index (χ1v) is 11.2. The highest BCUT2D eigenvalue weighted by molar-refractivity contribution is 5.65. The van der Waals surface area contributed by atoms with Crippen LogP contribution in [0.15, 0.2) is 79.1 Å². The third-order valence-electron chi connectivity index (χ3n) is 5.77. The molecule has 8 nitrogen and oxygen atoms in total. The van der Waals surface area contributed by atoms with Crippen LogP contribution >= 0.6 is 0 Å². The Balaban J connectivity index is 1.49. The molecule has 2 aromatic carbocycles. The average molecular weight is 463 g/mol. The number of benzene rings is 2. The zero-order valence-corrected chi connectivity index (χ0v) is 19.1. The van der Waals surface area contributed by atoms with Crippen LogP contribution in [0, 0.1) is 0 Å². The van der Waals surface area contributed by atoms with Crippen molar-refractivity contribution in [3.8, 4) is 0 Å². The van der Waals surface area contributed by atoms with Crippen molar-refractivity contribution in [2.75, 3.05) is 12.3 Å². The maximum absolute atomic E-state index is 11.4. The molecule has 0 spiro atoms. The fraction of sp³-hybridized carbons (Fsp3) is 0.308. The van der Waals surface area contributed by atoms with E-state index in [0.29, 0.717) is 30.2 Å². The molecule has 0 aliphatic carbocycles. The molecule has 0 aliphatic rings. The second kappa shape index (κ2) is 10.8. The molecule has 2 aromatic heterocycles. The van der Waals surface area contributed by atoms with Gasteiger partial charge in [0.05, 0.1) is 31.6 Å². The van der Waals surface area contributed by atoms with Gasteiger partial charge in [-0.1, -0.05) is 60.7 Å². The van der Waals surface area contributed by atoms with Gasteiger partial charge in [0.15, 0.2) is 5.82 Å². The van der Waals surface area contributed by atoms with Crippen molar-refractivity contribution in [2.24, 2.45) is 0 Å². The molecule has 178 valence electrons. The van der Waals surface area contributed by atoms with Crippen molar-refractivity contribution in [1.29, 1.82) is 0 Å². The zero-order chi connectivity index (χ0) is 24.0. The van der Waals surface area contributed by atoms with Crippen molar-refractivity contribution in [1.82, 2.24) is 14.6 Å². The quantitative estimate of drug-likeness (QED) is 0.314. The summed E-state index contributed by atoms with van der Waals surface area (Å²) in [7, 11) is 0. The van der Waals surface area contributed by atoms with E-state index in [0.717, 1.165) is 11.1 Å². The molecule has 4 rings (SSSR count). The predicted octanol–water partition coefficient (Wildman–Crippen LogP) is 3.07. The highest BCUT2D eigenvalue weighted by atomic mass is 16.5. The van der Waals surface area contributed by atoms with Crippen LogP contribution in [0.1, 0.15) is 30.2 Å². The van der Waals surface area contributed by atoms with Crippen molar-refractivity contribution < 1.29 is 19.7 Å². The molecular formula is C26H30N4O4. The van der Waals surface area contributed by atoms with Gasteiger partial charge in [0, 0.05) is 6.42 Å². The molecule has 3 atom stereocenters. The monoisotopic (exact) mass is 462 g/mol. The number of hydrogen-bond donors (Lipinski definition) is 3. The van der Waals surface area contributed by atoms with Gasteiger partial charge in [-0.2, -0.15) is 5.10 Å². The van der Waals surface area contributed by atoms with E-state index >= 15 is 0 Å². The average Bonchev–Trinajstić information content (AvgIpc) is 3.30. The molecule has 8 heteroatoms. The van der Waals surface area contributed by atoms with Gasteiger partial charge in [-0.3, -0.25) is 0 Å². The van der Waals surface area contributed by atoms with Crippen LogP contribution in [-0.4, -0.2) is 43.6 Å².